The predicted molar refractivity (Wildman–Crippen MR) is 86.7 cm³/mol. The van der Waals surface area contributed by atoms with Gasteiger partial charge in [-0.15, -0.1) is 0 Å². The van der Waals surface area contributed by atoms with E-state index in [1.165, 1.54) is 12.3 Å². The Hall–Kier alpha value is -2.54. The van der Waals surface area contributed by atoms with Crippen molar-refractivity contribution in [2.45, 2.75) is 12.8 Å². The van der Waals surface area contributed by atoms with E-state index in [0.717, 1.165) is 31.6 Å². The highest BCUT2D eigenvalue weighted by Crippen LogP contribution is 2.31. The lowest BCUT2D eigenvalue weighted by atomic mass is 10.2. The van der Waals surface area contributed by atoms with Gasteiger partial charge in [-0.25, -0.2) is 0 Å². The lowest BCUT2D eigenvalue weighted by molar-refractivity contribution is -0.133. The molecule has 1 saturated heterocycles. The van der Waals surface area contributed by atoms with E-state index in [-0.39, 0.29) is 5.82 Å². The summed E-state index contributed by atoms with van der Waals surface area (Å²) in [5, 5.41) is 8.86. The second-order valence-electron chi connectivity index (χ2n) is 5.15. The molecule has 0 spiro atoms. The summed E-state index contributed by atoms with van der Waals surface area (Å²) in [5.74, 6) is -1.47. The number of amides is 2. The predicted octanol–water partition coefficient (Wildman–Crippen LogP) is 2.51. The first-order valence-electron chi connectivity index (χ1n) is 7.21. The summed E-state index contributed by atoms with van der Waals surface area (Å²) >= 11 is 6.27. The van der Waals surface area contributed by atoms with Crippen molar-refractivity contribution in [2.24, 2.45) is 0 Å². The van der Waals surface area contributed by atoms with Gasteiger partial charge in [-0.05, 0) is 31.0 Å². The van der Waals surface area contributed by atoms with Gasteiger partial charge in [0.1, 0.15) is 6.26 Å². The Labute approximate surface area is 137 Å². The highest BCUT2D eigenvalue weighted by Gasteiger charge is 2.18. The summed E-state index contributed by atoms with van der Waals surface area (Å²) in [6.07, 6.45) is 3.60. The normalized spacial score (nSPS) is 13.9. The zero-order valence-corrected chi connectivity index (χ0v) is 13.0. The van der Waals surface area contributed by atoms with Crippen molar-refractivity contribution in [3.63, 3.8) is 0 Å². The van der Waals surface area contributed by atoms with Crippen molar-refractivity contribution in [2.75, 3.05) is 28.6 Å². The molecule has 2 amide bonds. The van der Waals surface area contributed by atoms with Crippen LogP contribution in [0.1, 0.15) is 12.8 Å². The molecule has 1 aromatic carbocycles. The van der Waals surface area contributed by atoms with E-state index in [0.29, 0.717) is 10.7 Å². The van der Waals surface area contributed by atoms with Gasteiger partial charge in [0.25, 0.3) is 0 Å². The average molecular weight is 335 g/mol. The largest absolute Gasteiger partial charge is 0.370 e. The van der Waals surface area contributed by atoms with Crippen LogP contribution in [0.2, 0.25) is 5.02 Å². The van der Waals surface area contributed by atoms with Crippen molar-refractivity contribution in [3.8, 4) is 0 Å². The van der Waals surface area contributed by atoms with Crippen molar-refractivity contribution in [1.82, 2.24) is 5.16 Å². The third-order valence-electron chi connectivity index (χ3n) is 3.54. The van der Waals surface area contributed by atoms with E-state index in [9.17, 15) is 9.59 Å². The number of halogens is 1. The van der Waals surface area contributed by atoms with Gasteiger partial charge in [0.05, 0.1) is 10.7 Å². The smallest absolute Gasteiger partial charge is 0.315 e. The van der Waals surface area contributed by atoms with Crippen LogP contribution in [0, 0.1) is 0 Å². The Kier molecular flexibility index (Phi) is 4.47. The van der Waals surface area contributed by atoms with Crippen LogP contribution in [0.25, 0.3) is 0 Å². The lowest BCUT2D eigenvalue weighted by Gasteiger charge is -2.19. The van der Waals surface area contributed by atoms with Crippen molar-refractivity contribution >= 4 is 40.6 Å². The Morgan fingerprint density at radius 3 is 2.52 bits per heavy atom. The number of hydrogen-bond donors (Lipinski definition) is 2. The summed E-state index contributed by atoms with van der Waals surface area (Å²) in [5.41, 5.74) is 1.40. The highest BCUT2D eigenvalue weighted by molar-refractivity contribution is 6.43. The summed E-state index contributed by atoms with van der Waals surface area (Å²) in [7, 11) is 0. The minimum absolute atomic E-state index is 0.174. The van der Waals surface area contributed by atoms with Crippen molar-refractivity contribution in [1.29, 1.82) is 0 Å². The Morgan fingerprint density at radius 2 is 1.87 bits per heavy atom. The van der Waals surface area contributed by atoms with Crippen LogP contribution in [0.15, 0.2) is 35.1 Å². The summed E-state index contributed by atoms with van der Waals surface area (Å²) in [6, 6.07) is 6.64. The highest BCUT2D eigenvalue weighted by atomic mass is 35.5. The van der Waals surface area contributed by atoms with E-state index in [4.69, 9.17) is 11.6 Å². The molecule has 0 saturated carbocycles. The Balaban J connectivity index is 1.64. The van der Waals surface area contributed by atoms with Crippen LogP contribution < -0.4 is 15.5 Å². The number of aromatic nitrogens is 1. The fourth-order valence-electron chi connectivity index (χ4n) is 2.44. The third kappa shape index (κ3) is 3.62. The topological polar surface area (TPSA) is 87.5 Å². The molecule has 2 N–H and O–H groups in total. The second-order valence-corrected chi connectivity index (χ2v) is 5.56. The fourth-order valence-corrected chi connectivity index (χ4v) is 2.74. The molecular formula is C15H15ClN4O3. The number of rotatable bonds is 3. The van der Waals surface area contributed by atoms with Gasteiger partial charge in [-0.1, -0.05) is 16.8 Å². The molecule has 0 unspecified atom stereocenters. The van der Waals surface area contributed by atoms with Crippen LogP contribution in [0.4, 0.5) is 17.2 Å². The van der Waals surface area contributed by atoms with Gasteiger partial charge < -0.3 is 14.7 Å². The standard InChI is InChI=1S/C15H15ClN4O3/c16-11-9-10(3-4-12(11)20-6-1-2-7-20)17-14(21)15(22)18-13-5-8-23-19-13/h3-5,8-9H,1-2,6-7H2,(H,17,21)(H,18,19,22). The average Bonchev–Trinajstić information content (AvgIpc) is 3.20. The minimum Gasteiger partial charge on any atom is -0.370 e. The number of anilines is 3. The molecule has 1 aromatic heterocycles. The zero-order chi connectivity index (χ0) is 16.2. The first kappa shape index (κ1) is 15.4. The van der Waals surface area contributed by atoms with Crippen LogP contribution in [-0.4, -0.2) is 30.1 Å². The number of benzene rings is 1. The minimum atomic E-state index is -0.835. The third-order valence-corrected chi connectivity index (χ3v) is 3.84. The molecule has 3 rings (SSSR count). The number of nitrogens with one attached hydrogen (secondary N) is 2. The first-order valence-corrected chi connectivity index (χ1v) is 7.58. The fraction of sp³-hybridized carbons (Fsp3) is 0.267. The summed E-state index contributed by atoms with van der Waals surface area (Å²) in [6.45, 7) is 1.96. The molecule has 2 heterocycles. The van der Waals surface area contributed by atoms with Crippen LogP contribution in [0.3, 0.4) is 0 Å². The van der Waals surface area contributed by atoms with Gasteiger partial charge in [-0.2, -0.15) is 0 Å². The van der Waals surface area contributed by atoms with E-state index in [1.54, 1.807) is 12.1 Å². The van der Waals surface area contributed by atoms with Crippen LogP contribution >= 0.6 is 11.6 Å². The number of nitrogens with zero attached hydrogens (tertiary/aromatic N) is 2. The number of hydrogen-bond acceptors (Lipinski definition) is 5. The summed E-state index contributed by atoms with van der Waals surface area (Å²) in [4.78, 5) is 25.8. The molecule has 1 aliphatic rings. The first-order chi connectivity index (χ1) is 11.1. The molecule has 120 valence electrons. The maximum absolute atomic E-state index is 11.9. The molecule has 1 fully saturated rings. The molecule has 7 nitrogen and oxygen atoms in total. The number of carbonyl (C=O) groups excluding carboxylic acids is 2. The molecule has 0 aliphatic carbocycles. The Bertz CT molecular complexity index is 712. The molecule has 0 radical (unpaired) electrons. The van der Waals surface area contributed by atoms with Crippen molar-refractivity contribution < 1.29 is 14.1 Å². The van der Waals surface area contributed by atoms with Crippen LogP contribution in [0.5, 0.6) is 0 Å². The summed E-state index contributed by atoms with van der Waals surface area (Å²) < 4.78 is 4.57. The SMILES string of the molecule is O=C(Nc1ccc(N2CCCC2)c(Cl)c1)C(=O)Nc1ccon1. The molecule has 8 heteroatoms. The molecular weight excluding hydrogens is 320 g/mol. The lowest BCUT2D eigenvalue weighted by Crippen LogP contribution is -2.29. The maximum atomic E-state index is 11.9. The molecule has 23 heavy (non-hydrogen) atoms. The van der Waals surface area contributed by atoms with Gasteiger partial charge in [0.15, 0.2) is 5.82 Å². The Morgan fingerprint density at radius 1 is 1.13 bits per heavy atom. The van der Waals surface area contributed by atoms with E-state index in [2.05, 4.69) is 25.2 Å². The van der Waals surface area contributed by atoms with Gasteiger partial charge in [-0.3, -0.25) is 14.9 Å². The van der Waals surface area contributed by atoms with Gasteiger partial charge in [0.2, 0.25) is 0 Å². The van der Waals surface area contributed by atoms with Crippen molar-refractivity contribution in [3.05, 3.63) is 35.6 Å². The number of carbonyl (C=O) groups is 2. The maximum Gasteiger partial charge on any atom is 0.315 e. The molecule has 1 aliphatic heterocycles. The monoisotopic (exact) mass is 334 g/mol. The van der Waals surface area contributed by atoms with E-state index >= 15 is 0 Å². The zero-order valence-electron chi connectivity index (χ0n) is 12.2. The molecule has 0 atom stereocenters. The molecule has 2 aromatic rings. The quantitative estimate of drug-likeness (QED) is 0.842. The molecule has 0 bridgehead atoms. The van der Waals surface area contributed by atoms with E-state index in [1.807, 2.05) is 6.07 Å². The van der Waals surface area contributed by atoms with Gasteiger partial charge in [0, 0.05) is 24.8 Å². The van der Waals surface area contributed by atoms with E-state index < -0.39 is 11.8 Å². The van der Waals surface area contributed by atoms with Gasteiger partial charge >= 0.3 is 11.8 Å². The second kappa shape index (κ2) is 6.70. The van der Waals surface area contributed by atoms with Crippen LogP contribution in [-0.2, 0) is 9.59 Å².